The van der Waals surface area contributed by atoms with Gasteiger partial charge in [-0.2, -0.15) is 5.10 Å². The van der Waals surface area contributed by atoms with Gasteiger partial charge in [-0.15, -0.1) is 11.3 Å². The number of aryl methyl sites for hydroxylation is 1. The van der Waals surface area contributed by atoms with Gasteiger partial charge in [-0.3, -0.25) is 9.48 Å². The first-order valence-corrected chi connectivity index (χ1v) is 8.90. The van der Waals surface area contributed by atoms with Gasteiger partial charge in [-0.25, -0.2) is 8.42 Å². The second kappa shape index (κ2) is 6.19. The molecule has 0 atom stereocenters. The minimum atomic E-state index is -3.02. The first-order valence-electron chi connectivity index (χ1n) is 5.96. The molecule has 6 nitrogen and oxygen atoms in total. The number of aromatic nitrogens is 2. The Kier molecular flexibility index (Phi) is 4.56. The maximum atomic E-state index is 11.8. The van der Waals surface area contributed by atoms with Crippen LogP contribution in [0.15, 0.2) is 29.8 Å². The van der Waals surface area contributed by atoms with Crippen LogP contribution in [0.3, 0.4) is 0 Å². The number of anilines is 1. The topological polar surface area (TPSA) is 81.1 Å². The van der Waals surface area contributed by atoms with Crippen LogP contribution in [-0.2, 0) is 27.6 Å². The molecule has 20 heavy (non-hydrogen) atoms. The van der Waals surface area contributed by atoms with Crippen LogP contribution in [0.2, 0.25) is 0 Å². The van der Waals surface area contributed by atoms with Gasteiger partial charge in [0, 0.05) is 23.4 Å². The third-order valence-electron chi connectivity index (χ3n) is 2.51. The van der Waals surface area contributed by atoms with Gasteiger partial charge < -0.3 is 5.32 Å². The van der Waals surface area contributed by atoms with Crippen LogP contribution in [0.25, 0.3) is 0 Å². The summed E-state index contributed by atoms with van der Waals surface area (Å²) in [6.45, 7) is 0.277. The maximum absolute atomic E-state index is 11.8. The van der Waals surface area contributed by atoms with Gasteiger partial charge in [0.1, 0.15) is 9.84 Å². The van der Waals surface area contributed by atoms with Crippen molar-refractivity contribution in [2.45, 2.75) is 13.0 Å². The first kappa shape index (κ1) is 14.7. The minimum absolute atomic E-state index is 0.0251. The molecule has 8 heteroatoms. The van der Waals surface area contributed by atoms with E-state index in [1.54, 1.807) is 12.3 Å². The number of sulfone groups is 1. The van der Waals surface area contributed by atoms with Crippen molar-refractivity contribution >= 4 is 32.9 Å². The summed E-state index contributed by atoms with van der Waals surface area (Å²) < 4.78 is 23.6. The van der Waals surface area contributed by atoms with E-state index in [4.69, 9.17) is 0 Å². The fourth-order valence-corrected chi connectivity index (χ4v) is 2.79. The summed E-state index contributed by atoms with van der Waals surface area (Å²) in [5.74, 6) is 0.318. The highest BCUT2D eigenvalue weighted by Crippen LogP contribution is 2.10. The molecule has 0 unspecified atom stereocenters. The smallest absolute Gasteiger partial charge is 0.230 e. The summed E-state index contributed by atoms with van der Waals surface area (Å²) in [6.07, 6.45) is 3.14. The SMILES string of the molecule is CS(=O)(=O)CCn1ccc(NC(=O)Cc2cccs2)n1. The van der Waals surface area contributed by atoms with Crippen LogP contribution >= 0.6 is 11.3 Å². The molecule has 0 spiro atoms. The van der Waals surface area contributed by atoms with Crippen molar-refractivity contribution in [2.75, 3.05) is 17.3 Å². The third-order valence-corrected chi connectivity index (χ3v) is 4.31. The molecule has 2 aromatic rings. The fraction of sp³-hybridized carbons (Fsp3) is 0.333. The zero-order valence-corrected chi connectivity index (χ0v) is 12.6. The monoisotopic (exact) mass is 313 g/mol. The third kappa shape index (κ3) is 4.78. The van der Waals surface area contributed by atoms with Crippen LogP contribution in [0.4, 0.5) is 5.82 Å². The molecule has 0 aliphatic heterocycles. The summed E-state index contributed by atoms with van der Waals surface area (Å²) in [5.41, 5.74) is 0. The van der Waals surface area contributed by atoms with Gasteiger partial charge in [-0.05, 0) is 11.4 Å². The molecule has 0 radical (unpaired) electrons. The van der Waals surface area contributed by atoms with Crippen molar-refractivity contribution in [2.24, 2.45) is 0 Å². The predicted molar refractivity (Wildman–Crippen MR) is 78.6 cm³/mol. The van der Waals surface area contributed by atoms with Crippen molar-refractivity contribution in [1.82, 2.24) is 9.78 Å². The second-order valence-electron chi connectivity index (χ2n) is 4.40. The molecule has 0 bridgehead atoms. The van der Waals surface area contributed by atoms with Crippen molar-refractivity contribution < 1.29 is 13.2 Å². The molecule has 0 saturated heterocycles. The van der Waals surface area contributed by atoms with E-state index in [9.17, 15) is 13.2 Å². The van der Waals surface area contributed by atoms with Crippen molar-refractivity contribution in [3.05, 3.63) is 34.7 Å². The molecule has 108 valence electrons. The number of nitrogens with zero attached hydrogens (tertiary/aromatic N) is 2. The molecule has 1 amide bonds. The maximum Gasteiger partial charge on any atom is 0.230 e. The average Bonchev–Trinajstić information content (AvgIpc) is 2.97. The van der Waals surface area contributed by atoms with Crippen LogP contribution in [0.1, 0.15) is 4.88 Å². The summed E-state index contributed by atoms with van der Waals surface area (Å²) in [7, 11) is -3.02. The highest BCUT2D eigenvalue weighted by Gasteiger charge is 2.08. The summed E-state index contributed by atoms with van der Waals surface area (Å²) in [5, 5.41) is 8.71. The molecular formula is C12H15N3O3S2. The summed E-state index contributed by atoms with van der Waals surface area (Å²) in [6, 6.07) is 5.44. The zero-order valence-electron chi connectivity index (χ0n) is 10.9. The molecule has 0 aromatic carbocycles. The molecule has 2 heterocycles. The largest absolute Gasteiger partial charge is 0.309 e. The van der Waals surface area contributed by atoms with Gasteiger partial charge in [0.2, 0.25) is 5.91 Å². The highest BCUT2D eigenvalue weighted by molar-refractivity contribution is 7.90. The van der Waals surface area contributed by atoms with Crippen LogP contribution in [0, 0.1) is 0 Å². The van der Waals surface area contributed by atoms with E-state index in [1.165, 1.54) is 22.3 Å². The number of amides is 1. The van der Waals surface area contributed by atoms with Crippen LogP contribution in [-0.4, -0.2) is 36.1 Å². The number of hydrogen-bond donors (Lipinski definition) is 1. The van der Waals surface area contributed by atoms with E-state index in [0.717, 1.165) is 4.88 Å². The lowest BCUT2D eigenvalue weighted by Gasteiger charge is -2.01. The molecular weight excluding hydrogens is 298 g/mol. The fourth-order valence-electron chi connectivity index (χ4n) is 1.57. The number of carbonyl (C=O) groups excluding carboxylic acids is 1. The predicted octanol–water partition coefficient (Wildman–Crippen LogP) is 1.17. The van der Waals surface area contributed by atoms with Gasteiger partial charge in [0.05, 0.1) is 18.7 Å². The van der Waals surface area contributed by atoms with Gasteiger partial charge in [-0.1, -0.05) is 6.07 Å². The Morgan fingerprint density at radius 1 is 1.45 bits per heavy atom. The number of rotatable bonds is 6. The standard InChI is InChI=1S/C12H15N3O3S2/c1-20(17,18)8-6-15-5-4-11(14-15)13-12(16)9-10-3-2-7-19-10/h2-5,7H,6,8-9H2,1H3,(H,13,14,16). The molecule has 0 aliphatic rings. The molecule has 2 aromatic heterocycles. The lowest BCUT2D eigenvalue weighted by molar-refractivity contribution is -0.115. The Hall–Kier alpha value is -1.67. The molecule has 0 saturated carbocycles. The highest BCUT2D eigenvalue weighted by atomic mass is 32.2. The Morgan fingerprint density at radius 3 is 2.90 bits per heavy atom. The van der Waals surface area contributed by atoms with Gasteiger partial charge >= 0.3 is 0 Å². The molecule has 0 aliphatic carbocycles. The normalized spacial score (nSPS) is 11.4. The Morgan fingerprint density at radius 2 is 2.25 bits per heavy atom. The molecule has 1 N–H and O–H groups in total. The minimum Gasteiger partial charge on any atom is -0.309 e. The van der Waals surface area contributed by atoms with Gasteiger partial charge in [0.25, 0.3) is 0 Å². The quantitative estimate of drug-likeness (QED) is 0.868. The number of hydrogen-bond acceptors (Lipinski definition) is 5. The van der Waals surface area contributed by atoms with E-state index in [-0.39, 0.29) is 18.2 Å². The molecule has 2 rings (SSSR count). The summed E-state index contributed by atoms with van der Waals surface area (Å²) >= 11 is 1.52. The van der Waals surface area contributed by atoms with E-state index < -0.39 is 9.84 Å². The number of nitrogens with one attached hydrogen (secondary N) is 1. The second-order valence-corrected chi connectivity index (χ2v) is 7.69. The molecule has 0 fully saturated rings. The average molecular weight is 313 g/mol. The van der Waals surface area contributed by atoms with Crippen LogP contribution < -0.4 is 5.32 Å². The van der Waals surface area contributed by atoms with Crippen molar-refractivity contribution in [1.29, 1.82) is 0 Å². The van der Waals surface area contributed by atoms with E-state index in [1.807, 2.05) is 17.5 Å². The lowest BCUT2D eigenvalue weighted by Crippen LogP contribution is -2.15. The lowest BCUT2D eigenvalue weighted by atomic mass is 10.3. The Labute approximate surface area is 121 Å². The number of thiophene rings is 1. The van der Waals surface area contributed by atoms with Crippen LogP contribution in [0.5, 0.6) is 0 Å². The summed E-state index contributed by atoms with van der Waals surface area (Å²) in [4.78, 5) is 12.7. The van der Waals surface area contributed by atoms with E-state index >= 15 is 0 Å². The van der Waals surface area contributed by atoms with Crippen molar-refractivity contribution in [3.8, 4) is 0 Å². The van der Waals surface area contributed by atoms with Crippen molar-refractivity contribution in [3.63, 3.8) is 0 Å². The van der Waals surface area contributed by atoms with E-state index in [2.05, 4.69) is 10.4 Å². The Bertz CT molecular complexity index is 675. The number of carbonyl (C=O) groups is 1. The Balaban J connectivity index is 1.87. The first-order chi connectivity index (χ1) is 9.42. The van der Waals surface area contributed by atoms with E-state index in [0.29, 0.717) is 12.2 Å². The zero-order chi connectivity index (χ0) is 14.6. The van der Waals surface area contributed by atoms with Gasteiger partial charge in [0.15, 0.2) is 5.82 Å².